The molecule has 1 aromatic carbocycles. The predicted molar refractivity (Wildman–Crippen MR) is 71.8 cm³/mol. The fourth-order valence-electron chi connectivity index (χ4n) is 2.59. The van der Waals surface area contributed by atoms with E-state index in [0.29, 0.717) is 18.3 Å². The zero-order valence-corrected chi connectivity index (χ0v) is 11.1. The standard InChI is InChI=1S/C15H19NO3/c1-16(10-15(18)19)14(17)9-11-7-13(8-11)12-5-3-2-4-6-12/h2-6,11,13H,7-10H2,1H3,(H,18,19). The maximum atomic E-state index is 11.8. The van der Waals surface area contributed by atoms with Crippen LogP contribution in [0, 0.1) is 5.92 Å². The Morgan fingerprint density at radius 1 is 1.26 bits per heavy atom. The zero-order valence-electron chi connectivity index (χ0n) is 11.1. The number of carboxylic acid groups (broad SMARTS) is 1. The molecule has 102 valence electrons. The van der Waals surface area contributed by atoms with Crippen LogP contribution >= 0.6 is 0 Å². The summed E-state index contributed by atoms with van der Waals surface area (Å²) in [6.07, 6.45) is 2.51. The summed E-state index contributed by atoms with van der Waals surface area (Å²) < 4.78 is 0. The Bertz CT molecular complexity index is 452. The fourth-order valence-corrected chi connectivity index (χ4v) is 2.59. The second-order valence-corrected chi connectivity index (χ2v) is 5.29. The first kappa shape index (κ1) is 13.6. The maximum Gasteiger partial charge on any atom is 0.323 e. The lowest BCUT2D eigenvalue weighted by atomic mass is 9.70. The van der Waals surface area contributed by atoms with Crippen molar-refractivity contribution in [2.24, 2.45) is 5.92 Å². The Morgan fingerprint density at radius 2 is 1.89 bits per heavy atom. The Kier molecular flexibility index (Phi) is 4.20. The minimum atomic E-state index is -0.966. The number of carbonyl (C=O) groups is 2. The number of carbonyl (C=O) groups excluding carboxylic acids is 1. The molecule has 0 radical (unpaired) electrons. The lowest BCUT2D eigenvalue weighted by Crippen LogP contribution is -2.35. The predicted octanol–water partition coefficient (Wildman–Crippen LogP) is 2.11. The van der Waals surface area contributed by atoms with E-state index >= 15 is 0 Å². The van der Waals surface area contributed by atoms with Gasteiger partial charge in [0.05, 0.1) is 0 Å². The van der Waals surface area contributed by atoms with Crippen LogP contribution in [0.1, 0.15) is 30.7 Å². The van der Waals surface area contributed by atoms with Crippen molar-refractivity contribution in [3.8, 4) is 0 Å². The molecule has 0 unspecified atom stereocenters. The van der Waals surface area contributed by atoms with Crippen LogP contribution in [0.15, 0.2) is 30.3 Å². The summed E-state index contributed by atoms with van der Waals surface area (Å²) in [5, 5.41) is 8.63. The molecule has 1 N–H and O–H groups in total. The zero-order chi connectivity index (χ0) is 13.8. The van der Waals surface area contributed by atoms with E-state index in [4.69, 9.17) is 5.11 Å². The third kappa shape index (κ3) is 3.56. The molecule has 0 heterocycles. The van der Waals surface area contributed by atoms with Gasteiger partial charge in [0.15, 0.2) is 0 Å². The van der Waals surface area contributed by atoms with Crippen molar-refractivity contribution >= 4 is 11.9 Å². The van der Waals surface area contributed by atoms with Crippen molar-refractivity contribution in [1.29, 1.82) is 0 Å². The van der Waals surface area contributed by atoms with Gasteiger partial charge in [-0.25, -0.2) is 0 Å². The minimum Gasteiger partial charge on any atom is -0.480 e. The number of hydrogen-bond donors (Lipinski definition) is 1. The quantitative estimate of drug-likeness (QED) is 0.883. The van der Waals surface area contributed by atoms with Crippen molar-refractivity contribution < 1.29 is 14.7 Å². The van der Waals surface area contributed by atoms with Crippen LogP contribution in [0.25, 0.3) is 0 Å². The van der Waals surface area contributed by atoms with Gasteiger partial charge in [0.2, 0.25) is 5.91 Å². The van der Waals surface area contributed by atoms with E-state index in [0.717, 1.165) is 12.8 Å². The second kappa shape index (κ2) is 5.87. The molecule has 0 atom stereocenters. The second-order valence-electron chi connectivity index (χ2n) is 5.29. The normalized spacial score (nSPS) is 21.5. The van der Waals surface area contributed by atoms with Gasteiger partial charge in [0.25, 0.3) is 0 Å². The monoisotopic (exact) mass is 261 g/mol. The first-order valence-corrected chi connectivity index (χ1v) is 6.57. The van der Waals surface area contributed by atoms with Gasteiger partial charge in [-0.15, -0.1) is 0 Å². The maximum absolute atomic E-state index is 11.8. The summed E-state index contributed by atoms with van der Waals surface area (Å²) in [7, 11) is 1.55. The van der Waals surface area contributed by atoms with E-state index in [1.54, 1.807) is 7.05 Å². The number of nitrogens with zero attached hydrogens (tertiary/aromatic N) is 1. The SMILES string of the molecule is CN(CC(=O)O)C(=O)CC1CC(c2ccccc2)C1. The van der Waals surface area contributed by atoms with E-state index in [1.165, 1.54) is 10.5 Å². The first-order chi connectivity index (χ1) is 9.06. The largest absolute Gasteiger partial charge is 0.480 e. The van der Waals surface area contributed by atoms with Crippen molar-refractivity contribution in [2.45, 2.75) is 25.2 Å². The highest BCUT2D eigenvalue weighted by molar-refractivity contribution is 5.81. The van der Waals surface area contributed by atoms with Crippen molar-refractivity contribution in [3.63, 3.8) is 0 Å². The van der Waals surface area contributed by atoms with Crippen LogP contribution in [0.3, 0.4) is 0 Å². The van der Waals surface area contributed by atoms with Gasteiger partial charge in [-0.05, 0) is 30.2 Å². The van der Waals surface area contributed by atoms with Crippen molar-refractivity contribution in [2.75, 3.05) is 13.6 Å². The van der Waals surface area contributed by atoms with E-state index in [1.807, 2.05) is 18.2 Å². The van der Waals surface area contributed by atoms with Gasteiger partial charge >= 0.3 is 5.97 Å². The van der Waals surface area contributed by atoms with Crippen LogP contribution in [0.2, 0.25) is 0 Å². The van der Waals surface area contributed by atoms with Gasteiger partial charge in [-0.3, -0.25) is 9.59 Å². The Hall–Kier alpha value is -1.84. The Morgan fingerprint density at radius 3 is 2.47 bits per heavy atom. The Labute approximate surface area is 113 Å². The minimum absolute atomic E-state index is 0.0705. The van der Waals surface area contributed by atoms with Gasteiger partial charge in [-0.2, -0.15) is 0 Å². The summed E-state index contributed by atoms with van der Waals surface area (Å²) in [4.78, 5) is 23.6. The smallest absolute Gasteiger partial charge is 0.323 e. The number of benzene rings is 1. The van der Waals surface area contributed by atoms with Crippen LogP contribution in [-0.4, -0.2) is 35.5 Å². The average Bonchev–Trinajstić information content (AvgIpc) is 2.33. The van der Waals surface area contributed by atoms with Crippen LogP contribution in [-0.2, 0) is 9.59 Å². The molecule has 0 spiro atoms. The first-order valence-electron chi connectivity index (χ1n) is 6.57. The third-order valence-electron chi connectivity index (χ3n) is 3.77. The number of likely N-dealkylation sites (N-methyl/N-ethyl adjacent to an activating group) is 1. The number of amides is 1. The van der Waals surface area contributed by atoms with E-state index in [2.05, 4.69) is 12.1 Å². The van der Waals surface area contributed by atoms with E-state index in [9.17, 15) is 9.59 Å². The van der Waals surface area contributed by atoms with Crippen molar-refractivity contribution in [3.05, 3.63) is 35.9 Å². The fraction of sp³-hybridized carbons (Fsp3) is 0.467. The lowest BCUT2D eigenvalue weighted by Gasteiger charge is -2.36. The molecular weight excluding hydrogens is 242 g/mol. The number of carboxylic acids is 1. The van der Waals surface area contributed by atoms with E-state index in [-0.39, 0.29) is 12.5 Å². The summed E-state index contributed by atoms with van der Waals surface area (Å²) in [6, 6.07) is 10.3. The molecule has 0 bridgehead atoms. The third-order valence-corrected chi connectivity index (χ3v) is 3.77. The summed E-state index contributed by atoms with van der Waals surface area (Å²) >= 11 is 0. The van der Waals surface area contributed by atoms with Gasteiger partial charge in [0.1, 0.15) is 6.54 Å². The molecule has 4 nitrogen and oxygen atoms in total. The summed E-state index contributed by atoms with van der Waals surface area (Å²) in [5.74, 6) is -0.0803. The molecule has 1 saturated carbocycles. The molecule has 1 amide bonds. The molecular formula is C15H19NO3. The molecule has 2 rings (SSSR count). The highest BCUT2D eigenvalue weighted by Gasteiger charge is 2.32. The molecule has 1 aliphatic carbocycles. The highest BCUT2D eigenvalue weighted by Crippen LogP contribution is 2.43. The van der Waals surface area contributed by atoms with Crippen molar-refractivity contribution in [1.82, 2.24) is 4.90 Å². The molecule has 4 heteroatoms. The number of hydrogen-bond acceptors (Lipinski definition) is 2. The van der Waals surface area contributed by atoms with Crippen LogP contribution in [0.4, 0.5) is 0 Å². The summed E-state index contributed by atoms with van der Waals surface area (Å²) in [5.41, 5.74) is 1.34. The van der Waals surface area contributed by atoms with Gasteiger partial charge in [0, 0.05) is 13.5 Å². The topological polar surface area (TPSA) is 57.6 Å². The highest BCUT2D eigenvalue weighted by atomic mass is 16.4. The molecule has 1 fully saturated rings. The molecule has 0 aromatic heterocycles. The Balaban J connectivity index is 1.76. The molecule has 0 saturated heterocycles. The van der Waals surface area contributed by atoms with Crippen LogP contribution in [0.5, 0.6) is 0 Å². The van der Waals surface area contributed by atoms with Gasteiger partial charge in [-0.1, -0.05) is 30.3 Å². The average molecular weight is 261 g/mol. The molecule has 19 heavy (non-hydrogen) atoms. The molecule has 1 aromatic rings. The number of aliphatic carboxylic acids is 1. The summed E-state index contributed by atoms with van der Waals surface area (Å²) in [6.45, 7) is -0.215. The van der Waals surface area contributed by atoms with E-state index < -0.39 is 5.97 Å². The van der Waals surface area contributed by atoms with Gasteiger partial charge < -0.3 is 10.0 Å². The molecule has 1 aliphatic rings. The van der Waals surface area contributed by atoms with Crippen LogP contribution < -0.4 is 0 Å². The lowest BCUT2D eigenvalue weighted by molar-refractivity contribution is -0.144. The molecule has 0 aliphatic heterocycles. The number of rotatable bonds is 5.